The number of hydrogen-bond acceptors (Lipinski definition) is 4. The summed E-state index contributed by atoms with van der Waals surface area (Å²) in [5.41, 5.74) is 7.38. The van der Waals surface area contributed by atoms with E-state index >= 15 is 0 Å². The number of anilines is 2. The Morgan fingerprint density at radius 2 is 2.11 bits per heavy atom. The van der Waals surface area contributed by atoms with Crippen LogP contribution in [0.15, 0.2) is 35.1 Å². The Balaban J connectivity index is 2.21. The molecule has 0 aliphatic carbocycles. The highest BCUT2D eigenvalue weighted by Crippen LogP contribution is 2.23. The van der Waals surface area contributed by atoms with E-state index in [0.717, 1.165) is 10.0 Å². The fourth-order valence-corrected chi connectivity index (χ4v) is 1.72. The number of amides is 1. The summed E-state index contributed by atoms with van der Waals surface area (Å²) in [6, 6.07) is 5.69. The topological polar surface area (TPSA) is 80.9 Å². The van der Waals surface area contributed by atoms with Crippen molar-refractivity contribution < 1.29 is 4.79 Å². The second-order valence-electron chi connectivity index (χ2n) is 3.76. The molecule has 5 nitrogen and oxygen atoms in total. The molecule has 1 aromatic heterocycles. The Hall–Kier alpha value is -1.95. The van der Waals surface area contributed by atoms with Gasteiger partial charge >= 0.3 is 0 Å². The van der Waals surface area contributed by atoms with Gasteiger partial charge in [-0.1, -0.05) is 6.07 Å². The molecule has 3 N–H and O–H groups in total. The maximum Gasteiger partial charge on any atom is 0.275 e. The number of nitrogens with one attached hydrogen (secondary N) is 1. The number of halogens is 1. The van der Waals surface area contributed by atoms with Crippen molar-refractivity contribution in [2.24, 2.45) is 0 Å². The lowest BCUT2D eigenvalue weighted by atomic mass is 10.2. The van der Waals surface area contributed by atoms with Crippen LogP contribution in [0.4, 0.5) is 11.5 Å². The zero-order valence-electron chi connectivity index (χ0n) is 9.64. The fourth-order valence-electron chi connectivity index (χ4n) is 1.38. The zero-order valence-corrected chi connectivity index (χ0v) is 11.2. The molecule has 92 valence electrons. The molecule has 0 saturated heterocycles. The molecular formula is C12H11BrN4O. The molecule has 18 heavy (non-hydrogen) atoms. The van der Waals surface area contributed by atoms with Crippen LogP contribution < -0.4 is 11.1 Å². The summed E-state index contributed by atoms with van der Waals surface area (Å²) in [4.78, 5) is 19.6. The average molecular weight is 307 g/mol. The number of hydrogen-bond donors (Lipinski definition) is 2. The molecule has 0 aliphatic rings. The molecule has 2 rings (SSSR count). The number of nitrogens with two attached hydrogens (primary N) is 1. The third kappa shape index (κ3) is 2.84. The summed E-state index contributed by atoms with van der Waals surface area (Å²) in [7, 11) is 0. The summed E-state index contributed by atoms with van der Waals surface area (Å²) in [6.07, 6.45) is 2.69. The van der Waals surface area contributed by atoms with Crippen LogP contribution >= 0.6 is 15.9 Å². The van der Waals surface area contributed by atoms with Gasteiger partial charge in [0, 0.05) is 4.47 Å². The molecule has 1 heterocycles. The van der Waals surface area contributed by atoms with Gasteiger partial charge in [0.2, 0.25) is 0 Å². The van der Waals surface area contributed by atoms with Gasteiger partial charge < -0.3 is 11.1 Å². The molecule has 6 heteroatoms. The van der Waals surface area contributed by atoms with Gasteiger partial charge in [-0.05, 0) is 40.5 Å². The second kappa shape index (κ2) is 5.14. The molecule has 2 aromatic rings. The summed E-state index contributed by atoms with van der Waals surface area (Å²) in [6.45, 7) is 1.95. The molecule has 0 fully saturated rings. The van der Waals surface area contributed by atoms with Crippen LogP contribution in [0.5, 0.6) is 0 Å². The predicted octanol–water partition coefficient (Wildman–Crippen LogP) is 2.38. The number of benzene rings is 1. The maximum atomic E-state index is 11.9. The standard InChI is InChI=1S/C12H11BrN4O/c1-7-2-3-8(13)9(4-7)17-12(18)10-5-16-11(14)6-15-10/h2-6H,1H3,(H2,14,16)(H,17,18). The summed E-state index contributed by atoms with van der Waals surface area (Å²) >= 11 is 3.37. The highest BCUT2D eigenvalue weighted by Gasteiger charge is 2.10. The van der Waals surface area contributed by atoms with Gasteiger partial charge in [0.05, 0.1) is 18.1 Å². The van der Waals surface area contributed by atoms with Gasteiger partial charge in [-0.25, -0.2) is 9.97 Å². The molecule has 0 aliphatic heterocycles. The minimum atomic E-state index is -0.325. The van der Waals surface area contributed by atoms with Gasteiger partial charge in [-0.3, -0.25) is 4.79 Å². The number of carbonyl (C=O) groups is 1. The molecule has 0 saturated carbocycles. The van der Waals surface area contributed by atoms with Crippen LogP contribution in [-0.4, -0.2) is 15.9 Å². The van der Waals surface area contributed by atoms with Crippen LogP contribution in [0, 0.1) is 6.92 Å². The summed E-state index contributed by atoms with van der Waals surface area (Å²) in [5, 5.41) is 2.76. The first-order valence-electron chi connectivity index (χ1n) is 5.21. The highest BCUT2D eigenvalue weighted by atomic mass is 79.9. The minimum Gasteiger partial charge on any atom is -0.382 e. The number of aryl methyl sites for hydroxylation is 1. The van der Waals surface area contributed by atoms with Crippen molar-refractivity contribution in [1.82, 2.24) is 9.97 Å². The molecule has 0 spiro atoms. The third-order valence-electron chi connectivity index (χ3n) is 2.27. The van der Waals surface area contributed by atoms with Crippen LogP contribution in [-0.2, 0) is 0 Å². The van der Waals surface area contributed by atoms with Crippen LogP contribution in [0.25, 0.3) is 0 Å². The number of nitrogen functional groups attached to an aromatic ring is 1. The highest BCUT2D eigenvalue weighted by molar-refractivity contribution is 9.10. The quantitative estimate of drug-likeness (QED) is 0.892. The van der Waals surface area contributed by atoms with Gasteiger partial charge in [0.15, 0.2) is 0 Å². The molecule has 0 bridgehead atoms. The molecular weight excluding hydrogens is 296 g/mol. The Morgan fingerprint density at radius 1 is 1.33 bits per heavy atom. The van der Waals surface area contributed by atoms with Crippen LogP contribution in [0.3, 0.4) is 0 Å². The molecule has 0 unspecified atom stereocenters. The van der Waals surface area contributed by atoms with Gasteiger partial charge in [0.25, 0.3) is 5.91 Å². The first kappa shape index (κ1) is 12.5. The van der Waals surface area contributed by atoms with Crippen molar-refractivity contribution in [2.45, 2.75) is 6.92 Å². The first-order chi connectivity index (χ1) is 8.56. The molecule has 0 radical (unpaired) electrons. The maximum absolute atomic E-state index is 11.9. The summed E-state index contributed by atoms with van der Waals surface area (Å²) < 4.78 is 0.810. The van der Waals surface area contributed by atoms with E-state index < -0.39 is 0 Å². The second-order valence-corrected chi connectivity index (χ2v) is 4.62. The third-order valence-corrected chi connectivity index (χ3v) is 2.97. The van der Waals surface area contributed by atoms with Crippen molar-refractivity contribution in [3.8, 4) is 0 Å². The SMILES string of the molecule is Cc1ccc(Br)c(NC(=O)c2cnc(N)cn2)c1. The van der Waals surface area contributed by atoms with E-state index in [1.165, 1.54) is 12.4 Å². The average Bonchev–Trinajstić information content (AvgIpc) is 2.34. The lowest BCUT2D eigenvalue weighted by Gasteiger charge is -2.07. The van der Waals surface area contributed by atoms with Crippen molar-refractivity contribution in [3.63, 3.8) is 0 Å². The number of aromatic nitrogens is 2. The Kier molecular flexibility index (Phi) is 3.57. The lowest BCUT2D eigenvalue weighted by molar-refractivity contribution is 0.102. The Labute approximate surface area is 113 Å². The van der Waals surface area contributed by atoms with Gasteiger partial charge in [-0.15, -0.1) is 0 Å². The normalized spacial score (nSPS) is 10.1. The van der Waals surface area contributed by atoms with Gasteiger partial charge in [0.1, 0.15) is 11.5 Å². The minimum absolute atomic E-state index is 0.220. The van der Waals surface area contributed by atoms with Gasteiger partial charge in [-0.2, -0.15) is 0 Å². The van der Waals surface area contributed by atoms with E-state index in [4.69, 9.17) is 5.73 Å². The Morgan fingerprint density at radius 3 is 2.78 bits per heavy atom. The Bertz CT molecular complexity index is 583. The smallest absolute Gasteiger partial charge is 0.275 e. The predicted molar refractivity (Wildman–Crippen MR) is 73.3 cm³/mol. The van der Waals surface area contributed by atoms with E-state index in [1.54, 1.807) is 0 Å². The number of nitrogens with zero attached hydrogens (tertiary/aromatic N) is 2. The fraction of sp³-hybridized carbons (Fsp3) is 0.0833. The van der Waals surface area contributed by atoms with Crippen molar-refractivity contribution >= 4 is 33.3 Å². The monoisotopic (exact) mass is 306 g/mol. The van der Waals surface area contributed by atoms with Crippen molar-refractivity contribution in [1.29, 1.82) is 0 Å². The number of rotatable bonds is 2. The zero-order chi connectivity index (χ0) is 13.1. The van der Waals surface area contributed by atoms with Crippen molar-refractivity contribution in [2.75, 3.05) is 11.1 Å². The van der Waals surface area contributed by atoms with Crippen LogP contribution in [0.1, 0.15) is 16.1 Å². The molecule has 1 amide bonds. The number of carbonyl (C=O) groups excluding carboxylic acids is 1. The first-order valence-corrected chi connectivity index (χ1v) is 6.00. The van der Waals surface area contributed by atoms with E-state index in [-0.39, 0.29) is 17.4 Å². The van der Waals surface area contributed by atoms with Crippen LogP contribution in [0.2, 0.25) is 0 Å². The molecule has 1 aromatic carbocycles. The largest absolute Gasteiger partial charge is 0.382 e. The lowest BCUT2D eigenvalue weighted by Crippen LogP contribution is -2.14. The van der Waals surface area contributed by atoms with E-state index in [9.17, 15) is 4.79 Å². The van der Waals surface area contributed by atoms with E-state index in [0.29, 0.717) is 5.69 Å². The van der Waals surface area contributed by atoms with E-state index in [2.05, 4.69) is 31.2 Å². The van der Waals surface area contributed by atoms with E-state index in [1.807, 2.05) is 25.1 Å². The summed E-state index contributed by atoms with van der Waals surface area (Å²) in [5.74, 6) is -0.0444. The molecule has 0 atom stereocenters. The van der Waals surface area contributed by atoms with Crippen molar-refractivity contribution in [3.05, 3.63) is 46.3 Å².